The van der Waals surface area contributed by atoms with Gasteiger partial charge >= 0.3 is 0 Å². The SMILES string of the molecule is CC1CCCN1CC(O)COc1ccc(C(N)=S)cc1. The van der Waals surface area contributed by atoms with Crippen LogP contribution in [-0.2, 0) is 0 Å². The molecule has 20 heavy (non-hydrogen) atoms. The molecule has 2 unspecified atom stereocenters. The molecule has 0 saturated carbocycles. The van der Waals surface area contributed by atoms with Crippen molar-refractivity contribution < 1.29 is 9.84 Å². The maximum Gasteiger partial charge on any atom is 0.119 e. The Morgan fingerprint density at radius 2 is 2.20 bits per heavy atom. The minimum absolute atomic E-state index is 0.301. The van der Waals surface area contributed by atoms with Gasteiger partial charge in [0.25, 0.3) is 0 Å². The number of hydrogen-bond acceptors (Lipinski definition) is 4. The number of aliphatic hydroxyl groups excluding tert-OH is 1. The first-order chi connectivity index (χ1) is 9.56. The van der Waals surface area contributed by atoms with Crippen molar-refractivity contribution in [2.24, 2.45) is 5.73 Å². The molecule has 3 N–H and O–H groups in total. The fourth-order valence-corrected chi connectivity index (χ4v) is 2.63. The standard InChI is InChI=1S/C15H22N2O2S/c1-11-3-2-8-17(11)9-13(18)10-19-14-6-4-12(5-7-14)15(16)20/h4-7,11,13,18H,2-3,8-10H2,1H3,(H2,16,20). The van der Waals surface area contributed by atoms with Crippen LogP contribution in [0.5, 0.6) is 5.75 Å². The predicted molar refractivity (Wildman–Crippen MR) is 84.1 cm³/mol. The Hall–Kier alpha value is -1.17. The summed E-state index contributed by atoms with van der Waals surface area (Å²) in [5, 5.41) is 10.0. The Bertz CT molecular complexity index is 450. The van der Waals surface area contributed by atoms with Gasteiger partial charge in [0.2, 0.25) is 0 Å². The summed E-state index contributed by atoms with van der Waals surface area (Å²) in [7, 11) is 0. The van der Waals surface area contributed by atoms with Crippen LogP contribution < -0.4 is 10.5 Å². The Balaban J connectivity index is 1.77. The van der Waals surface area contributed by atoms with Gasteiger partial charge in [-0.1, -0.05) is 12.2 Å². The zero-order valence-electron chi connectivity index (χ0n) is 11.8. The molecule has 0 aliphatic carbocycles. The highest BCUT2D eigenvalue weighted by Crippen LogP contribution is 2.17. The molecule has 1 aliphatic rings. The Morgan fingerprint density at radius 1 is 1.50 bits per heavy atom. The number of rotatable bonds is 6. The fourth-order valence-electron chi connectivity index (χ4n) is 2.50. The topological polar surface area (TPSA) is 58.7 Å². The van der Waals surface area contributed by atoms with Gasteiger partial charge in [-0.2, -0.15) is 0 Å². The molecule has 0 spiro atoms. The van der Waals surface area contributed by atoms with E-state index in [0.29, 0.717) is 24.2 Å². The summed E-state index contributed by atoms with van der Waals surface area (Å²) in [6.45, 7) is 4.25. The van der Waals surface area contributed by atoms with Crippen LogP contribution in [0.25, 0.3) is 0 Å². The highest BCUT2D eigenvalue weighted by Gasteiger charge is 2.22. The molecule has 1 aliphatic heterocycles. The molecule has 0 radical (unpaired) electrons. The number of hydrogen-bond donors (Lipinski definition) is 2. The van der Waals surface area contributed by atoms with Crippen molar-refractivity contribution in [1.29, 1.82) is 0 Å². The summed E-state index contributed by atoms with van der Waals surface area (Å²) in [6, 6.07) is 7.85. The third-order valence-electron chi connectivity index (χ3n) is 3.72. The van der Waals surface area contributed by atoms with E-state index in [1.165, 1.54) is 12.8 Å². The van der Waals surface area contributed by atoms with Crippen molar-refractivity contribution in [3.63, 3.8) is 0 Å². The summed E-state index contributed by atoms with van der Waals surface area (Å²) in [5.74, 6) is 0.721. The normalized spacial score (nSPS) is 20.8. The molecule has 1 aromatic carbocycles. The largest absolute Gasteiger partial charge is 0.491 e. The van der Waals surface area contributed by atoms with Gasteiger partial charge in [0.1, 0.15) is 23.4 Å². The van der Waals surface area contributed by atoms with Crippen molar-refractivity contribution in [2.45, 2.75) is 31.9 Å². The molecule has 5 heteroatoms. The summed E-state index contributed by atoms with van der Waals surface area (Å²) in [6.07, 6.45) is 1.97. The first kappa shape index (κ1) is 15.2. The molecule has 1 fully saturated rings. The number of nitrogens with zero attached hydrogens (tertiary/aromatic N) is 1. The second kappa shape index (κ2) is 7.02. The molecule has 0 bridgehead atoms. The van der Waals surface area contributed by atoms with E-state index in [1.54, 1.807) is 0 Å². The van der Waals surface area contributed by atoms with E-state index >= 15 is 0 Å². The van der Waals surface area contributed by atoms with Crippen molar-refractivity contribution in [2.75, 3.05) is 19.7 Å². The number of benzene rings is 1. The van der Waals surface area contributed by atoms with Crippen LogP contribution in [0, 0.1) is 0 Å². The lowest BCUT2D eigenvalue weighted by molar-refractivity contribution is 0.0662. The van der Waals surface area contributed by atoms with Crippen LogP contribution in [0.3, 0.4) is 0 Å². The van der Waals surface area contributed by atoms with Gasteiger partial charge < -0.3 is 15.6 Å². The second-order valence-corrected chi connectivity index (χ2v) is 5.78. The fraction of sp³-hybridized carbons (Fsp3) is 0.533. The predicted octanol–water partition coefficient (Wildman–Crippen LogP) is 1.54. The molecule has 0 amide bonds. The third kappa shape index (κ3) is 4.16. The number of ether oxygens (including phenoxy) is 1. The average Bonchev–Trinajstić information content (AvgIpc) is 2.82. The number of thiocarbonyl (C=S) groups is 1. The van der Waals surface area contributed by atoms with E-state index in [-0.39, 0.29) is 0 Å². The second-order valence-electron chi connectivity index (χ2n) is 5.34. The van der Waals surface area contributed by atoms with E-state index in [9.17, 15) is 5.11 Å². The van der Waals surface area contributed by atoms with E-state index in [2.05, 4.69) is 11.8 Å². The summed E-state index contributed by atoms with van der Waals surface area (Å²) in [5.41, 5.74) is 6.35. The lowest BCUT2D eigenvalue weighted by Crippen LogP contribution is -2.37. The third-order valence-corrected chi connectivity index (χ3v) is 3.95. The maximum atomic E-state index is 10.0. The molecule has 4 nitrogen and oxygen atoms in total. The first-order valence-electron chi connectivity index (χ1n) is 7.01. The van der Waals surface area contributed by atoms with Crippen molar-refractivity contribution in [3.8, 4) is 5.75 Å². The first-order valence-corrected chi connectivity index (χ1v) is 7.42. The molecule has 1 aromatic rings. The quantitative estimate of drug-likeness (QED) is 0.780. The molecule has 1 saturated heterocycles. The Morgan fingerprint density at radius 3 is 2.75 bits per heavy atom. The Kier molecular flexibility index (Phi) is 5.34. The summed E-state index contributed by atoms with van der Waals surface area (Å²) in [4.78, 5) is 2.68. The van der Waals surface area contributed by atoms with Gasteiger partial charge in [-0.25, -0.2) is 0 Å². The van der Waals surface area contributed by atoms with E-state index < -0.39 is 6.10 Å². The van der Waals surface area contributed by atoms with E-state index in [0.717, 1.165) is 17.9 Å². The molecule has 0 aromatic heterocycles. The zero-order chi connectivity index (χ0) is 14.5. The van der Waals surface area contributed by atoms with Gasteiger partial charge in [0.05, 0.1) is 0 Å². The minimum Gasteiger partial charge on any atom is -0.491 e. The lowest BCUT2D eigenvalue weighted by atomic mass is 10.2. The number of likely N-dealkylation sites (tertiary alicyclic amines) is 1. The zero-order valence-corrected chi connectivity index (χ0v) is 12.6. The van der Waals surface area contributed by atoms with E-state index in [4.69, 9.17) is 22.7 Å². The van der Waals surface area contributed by atoms with Crippen molar-refractivity contribution in [3.05, 3.63) is 29.8 Å². The van der Waals surface area contributed by atoms with Gasteiger partial charge in [0.15, 0.2) is 0 Å². The Labute approximate surface area is 125 Å². The summed E-state index contributed by atoms with van der Waals surface area (Å²) >= 11 is 4.89. The molecule has 1 heterocycles. The minimum atomic E-state index is -0.467. The van der Waals surface area contributed by atoms with Gasteiger partial charge in [-0.3, -0.25) is 4.90 Å². The molecule has 110 valence electrons. The maximum absolute atomic E-state index is 10.0. The molecule has 2 rings (SSSR count). The van der Waals surface area contributed by atoms with E-state index in [1.807, 2.05) is 24.3 Å². The average molecular weight is 294 g/mol. The van der Waals surface area contributed by atoms with Crippen LogP contribution in [0.4, 0.5) is 0 Å². The van der Waals surface area contributed by atoms with Crippen LogP contribution in [0.2, 0.25) is 0 Å². The van der Waals surface area contributed by atoms with Crippen LogP contribution in [0.15, 0.2) is 24.3 Å². The van der Waals surface area contributed by atoms with Crippen LogP contribution >= 0.6 is 12.2 Å². The summed E-state index contributed by atoms with van der Waals surface area (Å²) < 4.78 is 5.59. The van der Waals surface area contributed by atoms with Crippen LogP contribution in [-0.4, -0.2) is 46.8 Å². The lowest BCUT2D eigenvalue weighted by Gasteiger charge is -2.24. The molecular weight excluding hydrogens is 272 g/mol. The number of aliphatic hydroxyl groups is 1. The monoisotopic (exact) mass is 294 g/mol. The molecule has 2 atom stereocenters. The van der Waals surface area contributed by atoms with Gasteiger partial charge in [-0.05, 0) is 50.6 Å². The van der Waals surface area contributed by atoms with Crippen molar-refractivity contribution in [1.82, 2.24) is 4.90 Å². The molecular formula is C15H22N2O2S. The van der Waals surface area contributed by atoms with Gasteiger partial charge in [-0.15, -0.1) is 0 Å². The number of β-amino-alcohol motifs (C(OH)–C–C–N with tert-alkyl or cyclic N) is 1. The highest BCUT2D eigenvalue weighted by molar-refractivity contribution is 7.80. The highest BCUT2D eigenvalue weighted by atomic mass is 32.1. The van der Waals surface area contributed by atoms with Crippen LogP contribution in [0.1, 0.15) is 25.3 Å². The van der Waals surface area contributed by atoms with Gasteiger partial charge in [0, 0.05) is 18.2 Å². The smallest absolute Gasteiger partial charge is 0.119 e. The van der Waals surface area contributed by atoms with Crippen molar-refractivity contribution >= 4 is 17.2 Å². The number of nitrogens with two attached hydrogens (primary N) is 1.